The summed E-state index contributed by atoms with van der Waals surface area (Å²) < 4.78 is 24.1. The summed E-state index contributed by atoms with van der Waals surface area (Å²) in [5, 5.41) is 0. The summed E-state index contributed by atoms with van der Waals surface area (Å²) in [7, 11) is 0. The van der Waals surface area contributed by atoms with Crippen molar-refractivity contribution < 1.29 is 12.2 Å². The fourth-order valence-electron chi connectivity index (χ4n) is 1.76. The van der Waals surface area contributed by atoms with E-state index >= 15 is 0 Å². The van der Waals surface area contributed by atoms with Crippen LogP contribution in [-0.2, 0) is 9.47 Å². The average Bonchev–Trinajstić information content (AvgIpc) is 2.60. The largest absolute Gasteiger partial charge is 0.458 e. The van der Waals surface area contributed by atoms with Gasteiger partial charge in [0.1, 0.15) is 14.3 Å². The van der Waals surface area contributed by atoms with E-state index in [1.54, 1.807) is 0 Å². The van der Waals surface area contributed by atoms with Gasteiger partial charge in [-0.25, -0.2) is 0 Å². The van der Waals surface area contributed by atoms with E-state index in [1.165, 1.54) is 0 Å². The summed E-state index contributed by atoms with van der Waals surface area (Å²) in [5.74, 6) is 3.71. The second-order valence-corrected chi connectivity index (χ2v) is 4.70. The van der Waals surface area contributed by atoms with E-state index in [0.29, 0.717) is 23.4 Å². The van der Waals surface area contributed by atoms with Crippen LogP contribution in [0.5, 0.6) is 0 Å². The van der Waals surface area contributed by atoms with E-state index in [2.05, 4.69) is 26.0 Å². The highest BCUT2D eigenvalue weighted by atomic mass is 16.7. The van der Waals surface area contributed by atoms with Crippen molar-refractivity contribution in [3.05, 3.63) is 23.7 Å². The first-order valence-electron chi connectivity index (χ1n) is 6.62. The lowest BCUT2D eigenvalue weighted by Gasteiger charge is -2.28. The van der Waals surface area contributed by atoms with Crippen LogP contribution >= 0.6 is 0 Å². The number of allylic oxidation sites excluding steroid dienone is 4. The maximum absolute atomic E-state index is 7.15. The first-order chi connectivity index (χ1) is 7.82. The van der Waals surface area contributed by atoms with Crippen LogP contribution in [0.2, 0.25) is 0 Å². The molecule has 3 rings (SSSR count). The van der Waals surface area contributed by atoms with Crippen LogP contribution in [0.15, 0.2) is 23.7 Å². The summed E-state index contributed by atoms with van der Waals surface area (Å²) >= 11 is 0. The van der Waals surface area contributed by atoms with Gasteiger partial charge in [0.15, 0.2) is 0 Å². The topological polar surface area (TPSA) is 18.5 Å². The molecule has 0 saturated carbocycles. The number of ether oxygens (including phenoxy) is 2. The lowest BCUT2D eigenvalue weighted by atomic mass is 9.81. The molecular weight excluding hydrogens is 188 g/mol. The van der Waals surface area contributed by atoms with Gasteiger partial charge in [-0.05, 0) is 11.8 Å². The molecule has 1 heterocycles. The van der Waals surface area contributed by atoms with Crippen molar-refractivity contribution in [3.8, 4) is 0 Å². The molecule has 0 amide bonds. The van der Waals surface area contributed by atoms with Crippen molar-refractivity contribution in [2.24, 2.45) is 23.7 Å². The van der Waals surface area contributed by atoms with Gasteiger partial charge in [-0.2, -0.15) is 0 Å². The van der Waals surface area contributed by atoms with Gasteiger partial charge in [0.2, 0.25) is 6.75 Å². The maximum Gasteiger partial charge on any atom is 0.230 e. The quantitative estimate of drug-likeness (QED) is 0.571. The molecule has 0 radical (unpaired) electrons. The minimum atomic E-state index is -1.91. The Bertz CT molecular complexity index is 342. The molecule has 3 aliphatic rings. The molecule has 0 spiro atoms. The molecule has 15 heavy (non-hydrogen) atoms. The molecule has 2 nitrogen and oxygen atoms in total. The van der Waals surface area contributed by atoms with E-state index in [9.17, 15) is 0 Å². The minimum absolute atomic E-state index is 0.308. The lowest BCUT2D eigenvalue weighted by Crippen LogP contribution is -2.24. The molecule has 2 aliphatic carbocycles. The van der Waals surface area contributed by atoms with E-state index in [-0.39, 0.29) is 0 Å². The zero-order chi connectivity index (χ0) is 12.8. The molecule has 0 aromatic carbocycles. The summed E-state index contributed by atoms with van der Waals surface area (Å²) in [6.45, 7) is 6.58. The van der Waals surface area contributed by atoms with Crippen LogP contribution in [0.4, 0.5) is 0 Å². The first-order valence-corrected chi connectivity index (χ1v) is 5.62. The van der Waals surface area contributed by atoms with Gasteiger partial charge in [-0.3, -0.25) is 0 Å². The molecule has 1 aliphatic heterocycles. The van der Waals surface area contributed by atoms with Gasteiger partial charge in [0, 0.05) is 11.8 Å². The highest BCUT2D eigenvalue weighted by Crippen LogP contribution is 2.44. The molecule has 4 atom stereocenters. The second-order valence-electron chi connectivity index (χ2n) is 4.70. The van der Waals surface area contributed by atoms with E-state index < -0.39 is 6.75 Å². The van der Waals surface area contributed by atoms with Gasteiger partial charge in [0.25, 0.3) is 0 Å². The van der Waals surface area contributed by atoms with Crippen molar-refractivity contribution in [3.63, 3.8) is 0 Å². The zero-order valence-corrected chi connectivity index (χ0v) is 9.78. The molecular formula is C13H20O2. The molecule has 84 valence electrons. The third kappa shape index (κ3) is 1.77. The normalized spacial score (nSPS) is 45.6. The lowest BCUT2D eigenvalue weighted by molar-refractivity contribution is 0.0760. The molecule has 0 aromatic heterocycles. The van der Waals surface area contributed by atoms with Gasteiger partial charge in [-0.1, -0.05) is 39.8 Å². The van der Waals surface area contributed by atoms with Crippen molar-refractivity contribution in [2.75, 3.05) is 6.75 Å². The van der Waals surface area contributed by atoms with E-state index in [0.717, 1.165) is 11.8 Å². The van der Waals surface area contributed by atoms with Crippen LogP contribution in [0.1, 0.15) is 30.4 Å². The second kappa shape index (κ2) is 3.92. The Morgan fingerprint density at radius 3 is 1.67 bits per heavy atom. The van der Waals surface area contributed by atoms with Crippen LogP contribution < -0.4 is 0 Å². The Kier molecular flexibility index (Phi) is 2.16. The number of hydrogen-bond donors (Lipinski definition) is 0. The van der Waals surface area contributed by atoms with E-state index in [1.807, 2.05) is 13.8 Å². The molecule has 0 fully saturated rings. The van der Waals surface area contributed by atoms with Crippen molar-refractivity contribution in [1.82, 2.24) is 0 Å². The third-order valence-corrected chi connectivity index (χ3v) is 3.67. The summed E-state index contributed by atoms with van der Waals surface area (Å²) in [6, 6.07) is 0. The average molecular weight is 210 g/mol. The van der Waals surface area contributed by atoms with Crippen LogP contribution in [0.25, 0.3) is 0 Å². The van der Waals surface area contributed by atoms with Gasteiger partial charge in [-0.15, -0.1) is 0 Å². The SMILES string of the molecule is CC1C=CC1C.[2H]C1([2H])OC2=C(O1)C(C)C2C. The highest BCUT2D eigenvalue weighted by molar-refractivity contribution is 5.23. The highest BCUT2D eigenvalue weighted by Gasteiger charge is 2.40. The van der Waals surface area contributed by atoms with E-state index in [4.69, 9.17) is 12.2 Å². The third-order valence-electron chi connectivity index (χ3n) is 3.67. The number of hydrogen-bond acceptors (Lipinski definition) is 2. The minimum Gasteiger partial charge on any atom is -0.458 e. The smallest absolute Gasteiger partial charge is 0.230 e. The van der Waals surface area contributed by atoms with Crippen LogP contribution in [0, 0.1) is 23.7 Å². The van der Waals surface area contributed by atoms with Gasteiger partial charge >= 0.3 is 0 Å². The Labute approximate surface area is 94.8 Å². The predicted molar refractivity (Wildman–Crippen MR) is 59.9 cm³/mol. The molecule has 4 unspecified atom stereocenters. The predicted octanol–water partition coefficient (Wildman–Crippen LogP) is 3.32. The van der Waals surface area contributed by atoms with Crippen molar-refractivity contribution in [2.45, 2.75) is 27.7 Å². The molecule has 0 N–H and O–H groups in total. The fraction of sp³-hybridized carbons (Fsp3) is 0.692. The molecule has 0 saturated heterocycles. The summed E-state index contributed by atoms with van der Waals surface area (Å²) in [6.07, 6.45) is 4.48. The fourth-order valence-corrected chi connectivity index (χ4v) is 1.76. The van der Waals surface area contributed by atoms with Gasteiger partial charge < -0.3 is 9.47 Å². The summed E-state index contributed by atoms with van der Waals surface area (Å²) in [5.41, 5.74) is 0. The van der Waals surface area contributed by atoms with Crippen LogP contribution in [-0.4, -0.2) is 6.75 Å². The molecule has 0 aromatic rings. The first kappa shape index (κ1) is 8.26. The Balaban J connectivity index is 0.000000153. The van der Waals surface area contributed by atoms with Gasteiger partial charge in [0.05, 0.1) is 0 Å². The molecule has 0 bridgehead atoms. The number of rotatable bonds is 0. The Morgan fingerprint density at radius 1 is 1.00 bits per heavy atom. The molecule has 2 heteroatoms. The standard InChI is InChI=1S/C7H10O2.C6H10/c1-4-5(2)7-6(4)8-3-9-7;1-5-3-4-6(5)2/h4-5H,3H2,1-2H3;3-6H,1-2H3/i3D2;. The van der Waals surface area contributed by atoms with Crippen molar-refractivity contribution >= 4 is 0 Å². The van der Waals surface area contributed by atoms with Crippen LogP contribution in [0.3, 0.4) is 0 Å². The summed E-state index contributed by atoms with van der Waals surface area (Å²) in [4.78, 5) is 0. The Hall–Kier alpha value is -0.920. The zero-order valence-electron chi connectivity index (χ0n) is 11.8. The Morgan fingerprint density at radius 2 is 1.40 bits per heavy atom. The monoisotopic (exact) mass is 210 g/mol. The maximum atomic E-state index is 7.15. The van der Waals surface area contributed by atoms with Crippen molar-refractivity contribution in [1.29, 1.82) is 0 Å².